The highest BCUT2D eigenvalue weighted by molar-refractivity contribution is 6.35. The number of fused-ring (bicyclic) bond motifs is 4. The molecule has 0 aliphatic carbocycles. The summed E-state index contributed by atoms with van der Waals surface area (Å²) in [6.45, 7) is 14.2. The number of aryl methyl sites for hydroxylation is 6. The van der Waals surface area contributed by atoms with Gasteiger partial charge in [0.15, 0.2) is 5.82 Å². The van der Waals surface area contributed by atoms with E-state index in [4.69, 9.17) is 33.0 Å². The molecular formula is C47H52Cl2N10O3. The summed E-state index contributed by atoms with van der Waals surface area (Å²) in [5.41, 5.74) is 10.5. The van der Waals surface area contributed by atoms with Crippen LogP contribution < -0.4 is 9.64 Å². The van der Waals surface area contributed by atoms with E-state index in [0.29, 0.717) is 55.6 Å². The number of amides is 2. The van der Waals surface area contributed by atoms with E-state index in [1.807, 2.05) is 96.5 Å². The maximum atomic E-state index is 15.6. The van der Waals surface area contributed by atoms with E-state index in [-0.39, 0.29) is 24.4 Å². The van der Waals surface area contributed by atoms with Gasteiger partial charge in [0.05, 0.1) is 34.0 Å². The quantitative estimate of drug-likeness (QED) is 0.127. The Balaban J connectivity index is 1.17. The molecule has 6 heterocycles. The normalized spacial score (nSPS) is 16.0. The molecule has 0 spiro atoms. The number of likely N-dealkylation sites (N-methyl/N-ethyl adjacent to an activating group) is 1. The van der Waals surface area contributed by atoms with Crippen LogP contribution in [0.25, 0.3) is 44.3 Å². The second-order valence-corrected chi connectivity index (χ2v) is 17.9. The van der Waals surface area contributed by atoms with Crippen LogP contribution in [0.1, 0.15) is 58.0 Å². The fraction of sp³-hybridized carbons (Fsp3) is 0.383. The second kappa shape index (κ2) is 16.2. The van der Waals surface area contributed by atoms with Crippen LogP contribution >= 0.6 is 23.2 Å². The van der Waals surface area contributed by atoms with Gasteiger partial charge in [0.1, 0.15) is 24.3 Å². The van der Waals surface area contributed by atoms with Gasteiger partial charge in [0.25, 0.3) is 5.91 Å². The molecule has 2 amide bonds. The first-order valence-electron chi connectivity index (χ1n) is 21.2. The number of anilines is 1. The second-order valence-electron chi connectivity index (χ2n) is 17.1. The lowest BCUT2D eigenvalue weighted by atomic mass is 9.98. The number of hydrogen-bond donors (Lipinski definition) is 0. The zero-order valence-corrected chi connectivity index (χ0v) is 38.1. The van der Waals surface area contributed by atoms with Crippen molar-refractivity contribution in [2.45, 2.75) is 60.0 Å². The van der Waals surface area contributed by atoms with E-state index in [2.05, 4.69) is 46.5 Å². The predicted octanol–water partition coefficient (Wildman–Crippen LogP) is 8.34. The van der Waals surface area contributed by atoms with Crippen LogP contribution in [0.15, 0.2) is 55.0 Å². The molecule has 2 aliphatic rings. The maximum Gasteiger partial charge on any atom is 0.275 e. The van der Waals surface area contributed by atoms with Gasteiger partial charge in [0.2, 0.25) is 5.91 Å². The van der Waals surface area contributed by atoms with Crippen molar-refractivity contribution in [1.82, 2.24) is 43.5 Å². The molecule has 13 nitrogen and oxygen atoms in total. The molecule has 4 aromatic heterocycles. The van der Waals surface area contributed by atoms with E-state index >= 15 is 4.79 Å². The molecule has 7 aromatic rings. The Bertz CT molecular complexity index is 2890. The van der Waals surface area contributed by atoms with Crippen LogP contribution in [-0.2, 0) is 31.9 Å². The Morgan fingerprint density at radius 3 is 2.32 bits per heavy atom. The Kier molecular flexibility index (Phi) is 10.9. The number of rotatable bonds is 10. The molecule has 322 valence electrons. The van der Waals surface area contributed by atoms with Gasteiger partial charge in [-0.05, 0) is 108 Å². The van der Waals surface area contributed by atoms with Crippen LogP contribution in [-0.4, -0.2) is 102 Å². The van der Waals surface area contributed by atoms with Gasteiger partial charge < -0.3 is 28.6 Å². The predicted molar refractivity (Wildman–Crippen MR) is 246 cm³/mol. The van der Waals surface area contributed by atoms with E-state index in [1.54, 1.807) is 11.0 Å². The molecular weight excluding hydrogens is 823 g/mol. The van der Waals surface area contributed by atoms with Gasteiger partial charge in [-0.3, -0.25) is 19.0 Å². The standard InChI is InChI=1S/C47H52Cl2N10O3/c1-27-20-33(21-28(2)43(27)49)62-19-9-10-34-35-12-13-37(48)42(41-30(4)51-55(8)31(41)5)44(35)59-29(3)23-58(47(61)45(34)59)39-24-57(25-40(60)56-17-15-53(6)16-18-56)38-14-11-32(22-36(38)39)46-50-26-54(7)52-46/h11-14,20-22,24,26,29H,9-10,15-19,23,25H2,1-8H3/t29-/m1/s1. The number of piperazine rings is 1. The third-order valence-electron chi connectivity index (χ3n) is 12.7. The fourth-order valence-electron chi connectivity index (χ4n) is 9.47. The third kappa shape index (κ3) is 7.23. The van der Waals surface area contributed by atoms with E-state index < -0.39 is 0 Å². The summed E-state index contributed by atoms with van der Waals surface area (Å²) in [6, 6.07) is 13.8. The summed E-state index contributed by atoms with van der Waals surface area (Å²) < 4.78 is 14.1. The number of ether oxygens (including phenoxy) is 1. The van der Waals surface area contributed by atoms with Crippen LogP contribution in [0.4, 0.5) is 5.69 Å². The number of hydrogen-bond acceptors (Lipinski definition) is 7. The van der Waals surface area contributed by atoms with Crippen molar-refractivity contribution >= 4 is 62.5 Å². The van der Waals surface area contributed by atoms with Gasteiger partial charge in [-0.15, -0.1) is 0 Å². The number of halogens is 2. The molecule has 9 rings (SSSR count). The van der Waals surface area contributed by atoms with Gasteiger partial charge in [-0.25, -0.2) is 4.98 Å². The number of benzene rings is 3. The highest BCUT2D eigenvalue weighted by Crippen LogP contribution is 2.46. The van der Waals surface area contributed by atoms with Crippen LogP contribution in [0, 0.1) is 27.7 Å². The summed E-state index contributed by atoms with van der Waals surface area (Å²) in [7, 11) is 5.86. The van der Waals surface area contributed by atoms with Crippen molar-refractivity contribution in [3.05, 3.63) is 98.8 Å². The van der Waals surface area contributed by atoms with Gasteiger partial charge in [-0.2, -0.15) is 10.2 Å². The van der Waals surface area contributed by atoms with Crippen LogP contribution in [0.5, 0.6) is 5.75 Å². The van der Waals surface area contributed by atoms with E-state index in [1.165, 1.54) is 0 Å². The summed E-state index contributed by atoms with van der Waals surface area (Å²) in [6.07, 6.45) is 4.89. The smallest absolute Gasteiger partial charge is 0.275 e. The van der Waals surface area contributed by atoms with Crippen molar-refractivity contribution in [3.63, 3.8) is 0 Å². The molecule has 3 aromatic carbocycles. The number of carbonyl (C=O) groups excluding carboxylic acids is 2. The fourth-order valence-corrected chi connectivity index (χ4v) is 9.83. The zero-order chi connectivity index (χ0) is 43.7. The lowest BCUT2D eigenvalue weighted by molar-refractivity contribution is -0.133. The van der Waals surface area contributed by atoms with E-state index in [0.717, 1.165) is 96.1 Å². The lowest BCUT2D eigenvalue weighted by Gasteiger charge is -2.34. The Morgan fingerprint density at radius 2 is 1.65 bits per heavy atom. The minimum absolute atomic E-state index is 0.0503. The molecule has 1 fully saturated rings. The average Bonchev–Trinajstić information content (AvgIpc) is 3.99. The maximum absolute atomic E-state index is 15.6. The van der Waals surface area contributed by atoms with Crippen molar-refractivity contribution in [2.75, 3.05) is 51.3 Å². The minimum Gasteiger partial charge on any atom is -0.494 e. The van der Waals surface area contributed by atoms with Gasteiger partial charge in [-0.1, -0.05) is 29.3 Å². The average molecular weight is 876 g/mol. The largest absolute Gasteiger partial charge is 0.494 e. The number of carbonyl (C=O) groups is 2. The van der Waals surface area contributed by atoms with Crippen molar-refractivity contribution in [1.29, 1.82) is 0 Å². The molecule has 0 bridgehead atoms. The first-order valence-corrected chi connectivity index (χ1v) is 22.0. The highest BCUT2D eigenvalue weighted by Gasteiger charge is 2.38. The molecule has 1 saturated heterocycles. The molecule has 0 saturated carbocycles. The zero-order valence-electron chi connectivity index (χ0n) is 36.6. The molecule has 0 radical (unpaired) electrons. The van der Waals surface area contributed by atoms with Crippen molar-refractivity contribution in [2.24, 2.45) is 14.1 Å². The van der Waals surface area contributed by atoms with Gasteiger partial charge in [0, 0.05) is 97.2 Å². The monoisotopic (exact) mass is 874 g/mol. The Labute approximate surface area is 371 Å². The Morgan fingerprint density at radius 1 is 0.903 bits per heavy atom. The lowest BCUT2D eigenvalue weighted by Crippen LogP contribution is -2.48. The Hall–Kier alpha value is -5.63. The SMILES string of the molecule is Cc1cc(OCCCc2c3n(c4c(-c5c(C)nn(C)c5C)c(Cl)ccc24)[C@H](C)CN(c2cn(CC(=O)N4CCN(C)CC4)c4ccc(-c5ncn(C)n5)cc24)C3=O)cc(C)c1Cl. The molecule has 0 unspecified atom stereocenters. The first kappa shape index (κ1) is 41.7. The minimum atomic E-state index is -0.157. The first-order chi connectivity index (χ1) is 29.7. The topological polar surface area (TPSA) is 111 Å². The van der Waals surface area contributed by atoms with Crippen LogP contribution in [0.3, 0.4) is 0 Å². The molecule has 2 aliphatic heterocycles. The van der Waals surface area contributed by atoms with Crippen molar-refractivity contribution < 1.29 is 14.3 Å². The van der Waals surface area contributed by atoms with E-state index in [9.17, 15) is 4.79 Å². The summed E-state index contributed by atoms with van der Waals surface area (Å²) >= 11 is 13.7. The summed E-state index contributed by atoms with van der Waals surface area (Å²) in [5.74, 6) is 1.28. The number of aromatic nitrogens is 7. The number of nitrogens with zero attached hydrogens (tertiary/aromatic N) is 10. The molecule has 62 heavy (non-hydrogen) atoms. The summed E-state index contributed by atoms with van der Waals surface area (Å²) in [4.78, 5) is 40.1. The van der Waals surface area contributed by atoms with Gasteiger partial charge >= 0.3 is 0 Å². The van der Waals surface area contributed by atoms with Crippen LogP contribution in [0.2, 0.25) is 10.0 Å². The molecule has 15 heteroatoms. The summed E-state index contributed by atoms with van der Waals surface area (Å²) in [5, 5.41) is 12.5. The molecule has 1 atom stereocenters. The van der Waals surface area contributed by atoms with Crippen molar-refractivity contribution in [3.8, 4) is 28.3 Å². The molecule has 0 N–H and O–H groups in total. The highest BCUT2D eigenvalue weighted by atomic mass is 35.5. The third-order valence-corrected chi connectivity index (χ3v) is 13.6.